The molecular formula is C15H23N3OS. The van der Waals surface area contributed by atoms with Gasteiger partial charge in [0.25, 0.3) is 5.91 Å². The lowest BCUT2D eigenvalue weighted by Gasteiger charge is -2.19. The second kappa shape index (κ2) is 5.87. The number of amides is 1. The molecule has 1 aliphatic rings. The number of nitrogen functional groups attached to an aromatic ring is 1. The summed E-state index contributed by atoms with van der Waals surface area (Å²) in [6.07, 6.45) is 4.22. The van der Waals surface area contributed by atoms with Crippen molar-refractivity contribution < 1.29 is 4.79 Å². The van der Waals surface area contributed by atoms with Crippen molar-refractivity contribution in [2.45, 2.75) is 26.7 Å². The fourth-order valence-electron chi connectivity index (χ4n) is 2.30. The van der Waals surface area contributed by atoms with Gasteiger partial charge in [-0.3, -0.25) is 4.79 Å². The van der Waals surface area contributed by atoms with Gasteiger partial charge >= 0.3 is 0 Å². The van der Waals surface area contributed by atoms with Crippen LogP contribution in [-0.2, 0) is 0 Å². The third-order valence-electron chi connectivity index (χ3n) is 4.11. The molecule has 1 heterocycles. The molecule has 1 fully saturated rings. The van der Waals surface area contributed by atoms with Gasteiger partial charge in [-0.1, -0.05) is 19.9 Å². The monoisotopic (exact) mass is 293 g/mol. The molecule has 0 radical (unpaired) electrons. The Morgan fingerprint density at radius 1 is 1.60 bits per heavy atom. The van der Waals surface area contributed by atoms with Gasteiger partial charge < -0.3 is 16.4 Å². The molecule has 20 heavy (non-hydrogen) atoms. The first-order valence-corrected chi connectivity index (χ1v) is 7.82. The predicted octanol–water partition coefficient (Wildman–Crippen LogP) is 3.09. The number of anilines is 2. The van der Waals surface area contributed by atoms with Crippen molar-refractivity contribution in [1.82, 2.24) is 5.32 Å². The van der Waals surface area contributed by atoms with Crippen molar-refractivity contribution in [3.8, 4) is 0 Å². The largest absolute Gasteiger partial charge is 0.397 e. The van der Waals surface area contributed by atoms with Crippen LogP contribution >= 0.6 is 11.3 Å². The molecule has 0 unspecified atom stereocenters. The number of carbonyl (C=O) groups is 1. The summed E-state index contributed by atoms with van der Waals surface area (Å²) in [7, 11) is 0. The van der Waals surface area contributed by atoms with Gasteiger partial charge in [-0.05, 0) is 30.2 Å². The topological polar surface area (TPSA) is 67.2 Å². The molecule has 1 amide bonds. The Morgan fingerprint density at radius 2 is 2.30 bits per heavy atom. The van der Waals surface area contributed by atoms with E-state index < -0.39 is 0 Å². The van der Waals surface area contributed by atoms with E-state index in [1.165, 1.54) is 24.2 Å². The number of carbonyl (C=O) groups excluding carboxylic acids is 1. The van der Waals surface area contributed by atoms with Gasteiger partial charge in [-0.25, -0.2) is 0 Å². The molecule has 0 aromatic carbocycles. The standard InChI is InChI=1S/C15H23N3OS/c1-4-7-17-14(19)13-11(16)8-12(20-13)18-9-15(5-6-15)10(2)3/h4,8,10,18H,1,5-7,9,16H2,2-3H3,(H,17,19). The molecule has 1 aromatic heterocycles. The van der Waals surface area contributed by atoms with E-state index in [4.69, 9.17) is 5.73 Å². The molecule has 0 atom stereocenters. The molecule has 110 valence electrons. The fraction of sp³-hybridized carbons (Fsp3) is 0.533. The lowest BCUT2D eigenvalue weighted by atomic mass is 9.92. The van der Waals surface area contributed by atoms with Crippen LogP contribution in [0, 0.1) is 11.3 Å². The van der Waals surface area contributed by atoms with Crippen LogP contribution < -0.4 is 16.4 Å². The highest BCUT2D eigenvalue weighted by molar-refractivity contribution is 7.18. The van der Waals surface area contributed by atoms with E-state index in [1.807, 2.05) is 6.07 Å². The summed E-state index contributed by atoms with van der Waals surface area (Å²) >= 11 is 1.42. The molecular weight excluding hydrogens is 270 g/mol. The number of thiophene rings is 1. The highest BCUT2D eigenvalue weighted by Crippen LogP contribution is 2.52. The maximum Gasteiger partial charge on any atom is 0.263 e. The Balaban J connectivity index is 1.97. The van der Waals surface area contributed by atoms with Gasteiger partial charge in [-0.2, -0.15) is 0 Å². The van der Waals surface area contributed by atoms with Gasteiger partial charge in [0.15, 0.2) is 0 Å². The molecule has 0 spiro atoms. The maximum absolute atomic E-state index is 11.9. The molecule has 0 saturated heterocycles. The van der Waals surface area contributed by atoms with Crippen LogP contribution in [-0.4, -0.2) is 19.0 Å². The highest BCUT2D eigenvalue weighted by Gasteiger charge is 2.44. The van der Waals surface area contributed by atoms with Gasteiger partial charge in [0.05, 0.1) is 10.7 Å². The summed E-state index contributed by atoms with van der Waals surface area (Å²) in [5.74, 6) is 0.549. The summed E-state index contributed by atoms with van der Waals surface area (Å²) in [6, 6.07) is 1.85. The van der Waals surface area contributed by atoms with Crippen molar-refractivity contribution in [1.29, 1.82) is 0 Å². The molecule has 5 heteroatoms. The van der Waals surface area contributed by atoms with Gasteiger partial charge in [-0.15, -0.1) is 17.9 Å². The van der Waals surface area contributed by atoms with E-state index in [0.717, 1.165) is 11.5 Å². The molecule has 0 bridgehead atoms. The van der Waals surface area contributed by atoms with Crippen LogP contribution in [0.25, 0.3) is 0 Å². The van der Waals surface area contributed by atoms with E-state index in [-0.39, 0.29) is 5.91 Å². The first kappa shape index (κ1) is 14.9. The first-order chi connectivity index (χ1) is 9.48. The van der Waals surface area contributed by atoms with Crippen LogP contribution in [0.4, 0.5) is 10.7 Å². The van der Waals surface area contributed by atoms with Crippen LogP contribution in [0.15, 0.2) is 18.7 Å². The number of nitrogens with one attached hydrogen (secondary N) is 2. The number of rotatable bonds is 7. The van der Waals surface area contributed by atoms with Crippen molar-refractivity contribution >= 4 is 27.9 Å². The Kier molecular flexibility index (Phi) is 4.38. The van der Waals surface area contributed by atoms with E-state index >= 15 is 0 Å². The average molecular weight is 293 g/mol. The first-order valence-electron chi connectivity index (χ1n) is 7.01. The summed E-state index contributed by atoms with van der Waals surface area (Å²) in [5.41, 5.74) is 6.88. The number of hydrogen-bond acceptors (Lipinski definition) is 4. The van der Waals surface area contributed by atoms with Crippen molar-refractivity contribution in [3.05, 3.63) is 23.6 Å². The van der Waals surface area contributed by atoms with Crippen LogP contribution in [0.2, 0.25) is 0 Å². The van der Waals surface area contributed by atoms with E-state index in [1.54, 1.807) is 6.08 Å². The van der Waals surface area contributed by atoms with E-state index in [0.29, 0.717) is 28.4 Å². The molecule has 4 N–H and O–H groups in total. The molecule has 2 rings (SSSR count). The third-order valence-corrected chi connectivity index (χ3v) is 5.21. The zero-order valence-corrected chi connectivity index (χ0v) is 13.0. The van der Waals surface area contributed by atoms with Gasteiger partial charge in [0, 0.05) is 13.1 Å². The zero-order valence-electron chi connectivity index (χ0n) is 12.2. The fourth-order valence-corrected chi connectivity index (χ4v) is 3.19. The Labute approximate surface area is 124 Å². The minimum atomic E-state index is -0.134. The molecule has 0 aliphatic heterocycles. The van der Waals surface area contributed by atoms with Crippen LogP contribution in [0.3, 0.4) is 0 Å². The third kappa shape index (κ3) is 3.15. The Hall–Kier alpha value is -1.49. The highest BCUT2D eigenvalue weighted by atomic mass is 32.1. The zero-order chi connectivity index (χ0) is 14.8. The predicted molar refractivity (Wildman–Crippen MR) is 86.3 cm³/mol. The normalized spacial score (nSPS) is 15.9. The van der Waals surface area contributed by atoms with Crippen LogP contribution in [0.5, 0.6) is 0 Å². The Morgan fingerprint density at radius 3 is 2.85 bits per heavy atom. The summed E-state index contributed by atoms with van der Waals surface area (Å²) in [5, 5.41) is 7.16. The summed E-state index contributed by atoms with van der Waals surface area (Å²) in [6.45, 7) is 9.53. The second-order valence-corrected chi connectivity index (χ2v) is 6.82. The average Bonchev–Trinajstić information content (AvgIpc) is 3.12. The van der Waals surface area contributed by atoms with E-state index in [2.05, 4.69) is 31.1 Å². The molecule has 4 nitrogen and oxygen atoms in total. The van der Waals surface area contributed by atoms with Crippen molar-refractivity contribution in [3.63, 3.8) is 0 Å². The lowest BCUT2D eigenvalue weighted by Crippen LogP contribution is -2.22. The van der Waals surface area contributed by atoms with E-state index in [9.17, 15) is 4.79 Å². The quantitative estimate of drug-likeness (QED) is 0.677. The van der Waals surface area contributed by atoms with Gasteiger partial charge in [0.1, 0.15) is 4.88 Å². The molecule has 1 saturated carbocycles. The summed E-state index contributed by atoms with van der Waals surface area (Å²) in [4.78, 5) is 12.5. The Bertz CT molecular complexity index is 503. The smallest absolute Gasteiger partial charge is 0.263 e. The lowest BCUT2D eigenvalue weighted by molar-refractivity contribution is 0.0963. The molecule has 1 aliphatic carbocycles. The summed E-state index contributed by atoms with van der Waals surface area (Å²) < 4.78 is 0. The number of hydrogen-bond donors (Lipinski definition) is 3. The minimum Gasteiger partial charge on any atom is -0.397 e. The SMILES string of the molecule is C=CCNC(=O)c1sc(NCC2(C(C)C)CC2)cc1N. The van der Waals surface area contributed by atoms with Crippen molar-refractivity contribution in [2.24, 2.45) is 11.3 Å². The minimum absolute atomic E-state index is 0.134. The van der Waals surface area contributed by atoms with Crippen molar-refractivity contribution in [2.75, 3.05) is 24.1 Å². The van der Waals surface area contributed by atoms with Gasteiger partial charge in [0.2, 0.25) is 0 Å². The van der Waals surface area contributed by atoms with Crippen LogP contribution in [0.1, 0.15) is 36.4 Å². The maximum atomic E-state index is 11.9. The molecule has 1 aromatic rings. The number of nitrogens with two attached hydrogens (primary N) is 1. The second-order valence-electron chi connectivity index (χ2n) is 5.76.